The van der Waals surface area contributed by atoms with Crippen molar-refractivity contribution in [3.8, 4) is 27.9 Å². The van der Waals surface area contributed by atoms with Gasteiger partial charge in [-0.15, -0.1) is 11.3 Å². The Morgan fingerprint density at radius 1 is 1.28 bits per heavy atom. The van der Waals surface area contributed by atoms with E-state index in [2.05, 4.69) is 32.7 Å². The summed E-state index contributed by atoms with van der Waals surface area (Å²) < 4.78 is 6.19. The van der Waals surface area contributed by atoms with E-state index in [1.807, 2.05) is 29.6 Å². The van der Waals surface area contributed by atoms with Crippen LogP contribution in [0.15, 0.2) is 40.2 Å². The molecule has 0 bridgehead atoms. The second-order valence-electron chi connectivity index (χ2n) is 3.56. The zero-order valence-electron chi connectivity index (χ0n) is 9.00. The van der Waals surface area contributed by atoms with Crippen molar-refractivity contribution in [2.75, 3.05) is 0 Å². The Kier molecular flexibility index (Phi) is 3.04. The number of phenols is 1. The highest BCUT2D eigenvalue weighted by Crippen LogP contribution is 2.31. The number of aromatic hydroxyl groups is 1. The molecular formula is C12H7IN2O2S. The quantitative estimate of drug-likeness (QED) is 0.698. The molecule has 0 saturated heterocycles. The van der Waals surface area contributed by atoms with E-state index >= 15 is 0 Å². The maximum Gasteiger partial charge on any atom is 0.262 e. The molecule has 0 aliphatic heterocycles. The number of hydrogen-bond acceptors (Lipinski definition) is 5. The van der Waals surface area contributed by atoms with Crippen LogP contribution in [0.1, 0.15) is 0 Å². The molecule has 0 saturated carbocycles. The minimum absolute atomic E-state index is 0.136. The number of rotatable bonds is 2. The molecule has 6 heteroatoms. The number of phenolic OH excluding ortho intramolecular Hbond substituents is 1. The van der Waals surface area contributed by atoms with Crippen molar-refractivity contribution in [1.29, 1.82) is 0 Å². The Labute approximate surface area is 120 Å². The third-order valence-electron chi connectivity index (χ3n) is 2.36. The molecule has 90 valence electrons. The molecular weight excluding hydrogens is 363 g/mol. The molecule has 2 heterocycles. The Bertz CT molecular complexity index is 679. The summed E-state index contributed by atoms with van der Waals surface area (Å²) in [6.07, 6.45) is 0. The Balaban J connectivity index is 2.05. The lowest BCUT2D eigenvalue weighted by Gasteiger charge is -1.99. The van der Waals surface area contributed by atoms with Crippen LogP contribution in [0.4, 0.5) is 0 Å². The van der Waals surface area contributed by atoms with Gasteiger partial charge in [0.25, 0.3) is 5.89 Å². The Morgan fingerprint density at radius 2 is 2.17 bits per heavy atom. The second-order valence-corrected chi connectivity index (χ2v) is 5.76. The van der Waals surface area contributed by atoms with Gasteiger partial charge in [0.15, 0.2) is 0 Å². The monoisotopic (exact) mass is 370 g/mol. The smallest absolute Gasteiger partial charge is 0.262 e. The fourth-order valence-electron chi connectivity index (χ4n) is 1.52. The van der Waals surface area contributed by atoms with Gasteiger partial charge >= 0.3 is 0 Å². The van der Waals surface area contributed by atoms with Crippen molar-refractivity contribution >= 4 is 33.9 Å². The Morgan fingerprint density at radius 3 is 2.94 bits per heavy atom. The third kappa shape index (κ3) is 2.13. The summed E-state index contributed by atoms with van der Waals surface area (Å²) in [6, 6.07) is 9.09. The fraction of sp³-hybridized carbons (Fsp3) is 0. The van der Waals surface area contributed by atoms with Crippen LogP contribution in [-0.4, -0.2) is 15.2 Å². The van der Waals surface area contributed by atoms with Crippen molar-refractivity contribution in [1.82, 2.24) is 10.1 Å². The van der Waals surface area contributed by atoms with Gasteiger partial charge < -0.3 is 9.63 Å². The van der Waals surface area contributed by atoms with Crippen LogP contribution in [0.3, 0.4) is 0 Å². The summed E-state index contributed by atoms with van der Waals surface area (Å²) in [6.45, 7) is 0. The number of halogens is 1. The van der Waals surface area contributed by atoms with Gasteiger partial charge in [-0.3, -0.25) is 0 Å². The van der Waals surface area contributed by atoms with Gasteiger partial charge in [0.2, 0.25) is 5.82 Å². The van der Waals surface area contributed by atoms with Gasteiger partial charge in [-0.1, -0.05) is 11.2 Å². The minimum Gasteiger partial charge on any atom is -0.507 e. The van der Waals surface area contributed by atoms with E-state index in [1.54, 1.807) is 17.4 Å². The SMILES string of the molecule is Oc1ccc(I)cc1-c1nc(-c2cccs2)no1. The largest absolute Gasteiger partial charge is 0.507 e. The van der Waals surface area contributed by atoms with Crippen LogP contribution in [0, 0.1) is 3.57 Å². The highest BCUT2D eigenvalue weighted by atomic mass is 127. The lowest BCUT2D eigenvalue weighted by atomic mass is 10.2. The molecule has 0 amide bonds. The normalized spacial score (nSPS) is 10.7. The lowest BCUT2D eigenvalue weighted by Crippen LogP contribution is -1.81. The second kappa shape index (κ2) is 4.69. The summed E-state index contributed by atoms with van der Waals surface area (Å²) in [4.78, 5) is 5.23. The molecule has 0 aliphatic rings. The van der Waals surface area contributed by atoms with Gasteiger partial charge in [-0.05, 0) is 52.2 Å². The van der Waals surface area contributed by atoms with Gasteiger partial charge in [-0.2, -0.15) is 4.98 Å². The predicted molar refractivity (Wildman–Crippen MR) is 77.4 cm³/mol. The molecule has 4 nitrogen and oxygen atoms in total. The average molecular weight is 370 g/mol. The molecule has 1 N–H and O–H groups in total. The van der Waals surface area contributed by atoms with Gasteiger partial charge in [-0.25, -0.2) is 0 Å². The van der Waals surface area contributed by atoms with Gasteiger partial charge in [0, 0.05) is 3.57 Å². The van der Waals surface area contributed by atoms with E-state index in [4.69, 9.17) is 4.52 Å². The van der Waals surface area contributed by atoms with Gasteiger partial charge in [0.1, 0.15) is 5.75 Å². The summed E-state index contributed by atoms with van der Waals surface area (Å²) >= 11 is 3.71. The van der Waals surface area contributed by atoms with Crippen LogP contribution >= 0.6 is 33.9 Å². The molecule has 0 aliphatic carbocycles. The molecule has 1 aromatic carbocycles. The molecule has 3 rings (SSSR count). The standard InChI is InChI=1S/C12H7IN2O2S/c13-7-3-4-9(16)8(6-7)12-14-11(15-17-12)10-2-1-5-18-10/h1-6,16H. The molecule has 0 fully saturated rings. The highest BCUT2D eigenvalue weighted by molar-refractivity contribution is 14.1. The first-order valence-electron chi connectivity index (χ1n) is 5.10. The van der Waals surface area contributed by atoms with Gasteiger partial charge in [0.05, 0.1) is 10.4 Å². The number of benzene rings is 1. The topological polar surface area (TPSA) is 59.2 Å². The number of thiophene rings is 1. The highest BCUT2D eigenvalue weighted by Gasteiger charge is 2.14. The molecule has 18 heavy (non-hydrogen) atoms. The molecule has 0 unspecified atom stereocenters. The van der Waals surface area contributed by atoms with E-state index in [-0.39, 0.29) is 5.75 Å². The molecule has 0 atom stereocenters. The molecule has 3 aromatic rings. The van der Waals surface area contributed by atoms with Crippen LogP contribution in [0.25, 0.3) is 22.2 Å². The van der Waals surface area contributed by atoms with Crippen LogP contribution in [-0.2, 0) is 0 Å². The first-order valence-corrected chi connectivity index (χ1v) is 7.06. The van der Waals surface area contributed by atoms with Crippen LogP contribution in [0.5, 0.6) is 5.75 Å². The maximum absolute atomic E-state index is 9.80. The van der Waals surface area contributed by atoms with Crippen molar-refractivity contribution in [3.05, 3.63) is 39.3 Å². The summed E-state index contributed by atoms with van der Waals surface area (Å²) in [5.74, 6) is 1.00. The Hall–Kier alpha value is -1.41. The van der Waals surface area contributed by atoms with Crippen LogP contribution in [0.2, 0.25) is 0 Å². The molecule has 2 aromatic heterocycles. The summed E-state index contributed by atoms with van der Waals surface area (Å²) in [5.41, 5.74) is 0.553. The third-order valence-corrected chi connectivity index (χ3v) is 3.89. The van der Waals surface area contributed by atoms with Crippen molar-refractivity contribution in [3.63, 3.8) is 0 Å². The van der Waals surface area contributed by atoms with E-state index < -0.39 is 0 Å². The van der Waals surface area contributed by atoms with Crippen molar-refractivity contribution in [2.45, 2.75) is 0 Å². The van der Waals surface area contributed by atoms with Crippen LogP contribution < -0.4 is 0 Å². The fourth-order valence-corrected chi connectivity index (χ4v) is 2.66. The summed E-state index contributed by atoms with van der Waals surface area (Å²) in [5, 5.41) is 15.7. The molecule has 0 radical (unpaired) electrons. The molecule has 0 spiro atoms. The van der Waals surface area contributed by atoms with E-state index in [1.165, 1.54) is 0 Å². The van der Waals surface area contributed by atoms with E-state index in [0.29, 0.717) is 17.3 Å². The number of nitrogens with zero attached hydrogens (tertiary/aromatic N) is 2. The predicted octanol–water partition coefficient (Wildman–Crippen LogP) is 3.78. The minimum atomic E-state index is 0.136. The van der Waals surface area contributed by atoms with E-state index in [0.717, 1.165) is 8.45 Å². The first kappa shape index (κ1) is 11.7. The first-order chi connectivity index (χ1) is 8.74. The number of aromatic nitrogens is 2. The van der Waals surface area contributed by atoms with E-state index in [9.17, 15) is 5.11 Å². The zero-order valence-corrected chi connectivity index (χ0v) is 12.0. The number of hydrogen-bond donors (Lipinski definition) is 1. The van der Waals surface area contributed by atoms with Crippen molar-refractivity contribution in [2.24, 2.45) is 0 Å². The zero-order chi connectivity index (χ0) is 12.5. The lowest BCUT2D eigenvalue weighted by molar-refractivity contribution is 0.426. The maximum atomic E-state index is 9.80. The average Bonchev–Trinajstić information content (AvgIpc) is 3.00. The van der Waals surface area contributed by atoms with Crippen molar-refractivity contribution < 1.29 is 9.63 Å². The summed E-state index contributed by atoms with van der Waals surface area (Å²) in [7, 11) is 0.